The number of rotatable bonds is 6. The molecule has 1 aromatic carbocycles. The normalized spacial score (nSPS) is 13.8. The quantitative estimate of drug-likeness (QED) is 0.861. The monoisotopic (exact) mass is 307 g/mol. The Morgan fingerprint density at radius 3 is 2.52 bits per heavy atom. The first kappa shape index (κ1) is 15.8. The molecule has 0 saturated heterocycles. The number of aryl methyl sites for hydroxylation is 1. The van der Waals surface area contributed by atoms with Crippen LogP contribution in [-0.2, 0) is 0 Å². The zero-order valence-corrected chi connectivity index (χ0v) is 13.3. The molecule has 4 nitrogen and oxygen atoms in total. The molecule has 1 aromatic heterocycles. The van der Waals surface area contributed by atoms with Gasteiger partial charge in [-0.3, -0.25) is 0 Å². The van der Waals surface area contributed by atoms with Crippen molar-refractivity contribution >= 4 is 11.3 Å². The van der Waals surface area contributed by atoms with Gasteiger partial charge in [0, 0.05) is 18.0 Å². The lowest BCUT2D eigenvalue weighted by atomic mass is 9.90. The lowest BCUT2D eigenvalue weighted by Crippen LogP contribution is -2.20. The summed E-state index contributed by atoms with van der Waals surface area (Å²) in [5.74, 6) is 1.19. The van der Waals surface area contributed by atoms with Crippen LogP contribution in [0, 0.1) is 6.92 Å². The highest BCUT2D eigenvalue weighted by Crippen LogP contribution is 2.41. The van der Waals surface area contributed by atoms with E-state index in [-0.39, 0.29) is 5.92 Å². The predicted molar refractivity (Wildman–Crippen MR) is 85.4 cm³/mol. The van der Waals surface area contributed by atoms with E-state index >= 15 is 0 Å². The highest BCUT2D eigenvalue weighted by atomic mass is 32.1. The van der Waals surface area contributed by atoms with E-state index in [0.717, 1.165) is 21.8 Å². The second-order valence-electron chi connectivity index (χ2n) is 4.89. The Morgan fingerprint density at radius 2 is 1.90 bits per heavy atom. The average molecular weight is 307 g/mol. The van der Waals surface area contributed by atoms with Crippen molar-refractivity contribution in [2.24, 2.45) is 5.73 Å². The summed E-state index contributed by atoms with van der Waals surface area (Å²) < 4.78 is 10.7. The Balaban J connectivity index is 2.42. The molecule has 3 N–H and O–H groups in total. The number of ether oxygens (including phenoxy) is 2. The molecule has 0 spiro atoms. The van der Waals surface area contributed by atoms with E-state index in [1.165, 1.54) is 11.3 Å². The average Bonchev–Trinajstić information content (AvgIpc) is 2.96. The van der Waals surface area contributed by atoms with E-state index in [1.807, 2.05) is 36.6 Å². The van der Waals surface area contributed by atoms with Gasteiger partial charge in [-0.25, -0.2) is 0 Å². The third-order valence-corrected chi connectivity index (χ3v) is 4.53. The highest BCUT2D eigenvalue weighted by molar-refractivity contribution is 7.10. The summed E-state index contributed by atoms with van der Waals surface area (Å²) in [5, 5.41) is 12.6. The minimum atomic E-state index is -0.722. The number of hydrogen-bond donors (Lipinski definition) is 2. The molecule has 2 rings (SSSR count). The number of aliphatic hydroxyl groups excluding tert-OH is 1. The smallest absolute Gasteiger partial charge is 0.135 e. The van der Waals surface area contributed by atoms with E-state index < -0.39 is 6.10 Å². The SMILES string of the molecule is COc1ccc(C)cc1C(CN)C(O)c1sccc1OC. The van der Waals surface area contributed by atoms with Crippen LogP contribution in [0.5, 0.6) is 11.5 Å². The number of benzene rings is 1. The number of thiophene rings is 1. The van der Waals surface area contributed by atoms with Gasteiger partial charge in [0.1, 0.15) is 17.6 Å². The van der Waals surface area contributed by atoms with E-state index in [0.29, 0.717) is 12.3 Å². The molecule has 2 aromatic rings. The molecule has 1 heterocycles. The lowest BCUT2D eigenvalue weighted by molar-refractivity contribution is 0.146. The minimum absolute atomic E-state index is 0.243. The first-order chi connectivity index (χ1) is 10.1. The van der Waals surface area contributed by atoms with Crippen molar-refractivity contribution in [3.05, 3.63) is 45.6 Å². The van der Waals surface area contributed by atoms with E-state index in [4.69, 9.17) is 15.2 Å². The lowest BCUT2D eigenvalue weighted by Gasteiger charge is -2.24. The van der Waals surface area contributed by atoms with Crippen LogP contribution in [0.4, 0.5) is 0 Å². The second kappa shape index (κ2) is 6.93. The van der Waals surface area contributed by atoms with Gasteiger partial charge in [-0.15, -0.1) is 11.3 Å². The highest BCUT2D eigenvalue weighted by Gasteiger charge is 2.27. The fourth-order valence-electron chi connectivity index (χ4n) is 2.45. The molecule has 5 heteroatoms. The Morgan fingerprint density at radius 1 is 1.19 bits per heavy atom. The third kappa shape index (κ3) is 3.20. The molecule has 114 valence electrons. The van der Waals surface area contributed by atoms with Gasteiger partial charge in [-0.1, -0.05) is 17.7 Å². The number of nitrogens with two attached hydrogens (primary N) is 1. The van der Waals surface area contributed by atoms with Crippen molar-refractivity contribution < 1.29 is 14.6 Å². The minimum Gasteiger partial charge on any atom is -0.496 e. The zero-order valence-electron chi connectivity index (χ0n) is 12.5. The summed E-state index contributed by atoms with van der Waals surface area (Å²) in [5.41, 5.74) is 7.95. The zero-order chi connectivity index (χ0) is 15.4. The van der Waals surface area contributed by atoms with Crippen LogP contribution >= 0.6 is 11.3 Å². The van der Waals surface area contributed by atoms with Crippen LogP contribution in [0.3, 0.4) is 0 Å². The Hall–Kier alpha value is -1.56. The van der Waals surface area contributed by atoms with Crippen molar-refractivity contribution in [1.29, 1.82) is 0 Å². The van der Waals surface area contributed by atoms with Gasteiger partial charge < -0.3 is 20.3 Å². The molecule has 0 aliphatic rings. The second-order valence-corrected chi connectivity index (χ2v) is 5.83. The van der Waals surface area contributed by atoms with Crippen LogP contribution in [0.1, 0.15) is 28.0 Å². The summed E-state index contributed by atoms with van der Waals surface area (Å²) in [4.78, 5) is 0.788. The molecule has 0 aliphatic carbocycles. The van der Waals surface area contributed by atoms with Crippen LogP contribution in [0.15, 0.2) is 29.6 Å². The van der Waals surface area contributed by atoms with Crippen molar-refractivity contribution in [3.8, 4) is 11.5 Å². The van der Waals surface area contributed by atoms with Gasteiger partial charge in [0.05, 0.1) is 19.1 Å². The topological polar surface area (TPSA) is 64.7 Å². The number of methoxy groups -OCH3 is 2. The van der Waals surface area contributed by atoms with Crippen molar-refractivity contribution in [2.75, 3.05) is 20.8 Å². The largest absolute Gasteiger partial charge is 0.496 e. The predicted octanol–water partition coefficient (Wildman–Crippen LogP) is 2.85. The van der Waals surface area contributed by atoms with Gasteiger partial charge in [0.25, 0.3) is 0 Å². The molecule has 2 unspecified atom stereocenters. The summed E-state index contributed by atoms with van der Waals surface area (Å²) >= 11 is 1.47. The fraction of sp³-hybridized carbons (Fsp3) is 0.375. The first-order valence-electron chi connectivity index (χ1n) is 6.76. The van der Waals surface area contributed by atoms with Crippen LogP contribution in [0.25, 0.3) is 0 Å². The molecular weight excluding hydrogens is 286 g/mol. The summed E-state index contributed by atoms with van der Waals surface area (Å²) in [6.07, 6.45) is -0.722. The summed E-state index contributed by atoms with van der Waals surface area (Å²) in [6, 6.07) is 7.75. The van der Waals surface area contributed by atoms with Gasteiger partial charge in [-0.2, -0.15) is 0 Å². The maximum Gasteiger partial charge on any atom is 0.135 e. The molecule has 0 radical (unpaired) electrons. The standard InChI is InChI=1S/C16H21NO3S/c1-10-4-5-13(19-2)11(8-10)12(9-17)15(18)16-14(20-3)6-7-21-16/h4-8,12,15,18H,9,17H2,1-3H3. The fourth-order valence-corrected chi connectivity index (χ4v) is 3.36. The molecule has 0 amide bonds. The van der Waals surface area contributed by atoms with E-state index in [2.05, 4.69) is 0 Å². The molecule has 0 saturated carbocycles. The summed E-state index contributed by atoms with van der Waals surface area (Å²) in [7, 11) is 3.23. The number of aliphatic hydroxyl groups is 1. The summed E-state index contributed by atoms with van der Waals surface area (Å²) in [6.45, 7) is 2.33. The third-order valence-electron chi connectivity index (χ3n) is 3.57. The van der Waals surface area contributed by atoms with Crippen LogP contribution < -0.4 is 15.2 Å². The van der Waals surface area contributed by atoms with Gasteiger partial charge in [0.15, 0.2) is 0 Å². The first-order valence-corrected chi connectivity index (χ1v) is 7.64. The number of hydrogen-bond acceptors (Lipinski definition) is 5. The van der Waals surface area contributed by atoms with E-state index in [1.54, 1.807) is 14.2 Å². The van der Waals surface area contributed by atoms with Gasteiger partial charge in [0.2, 0.25) is 0 Å². The van der Waals surface area contributed by atoms with Crippen LogP contribution in [0.2, 0.25) is 0 Å². The van der Waals surface area contributed by atoms with Crippen molar-refractivity contribution in [2.45, 2.75) is 18.9 Å². The van der Waals surface area contributed by atoms with Crippen molar-refractivity contribution in [1.82, 2.24) is 0 Å². The van der Waals surface area contributed by atoms with Gasteiger partial charge >= 0.3 is 0 Å². The maximum atomic E-state index is 10.7. The Kier molecular flexibility index (Phi) is 5.22. The molecule has 21 heavy (non-hydrogen) atoms. The molecule has 0 fully saturated rings. The molecule has 0 bridgehead atoms. The molecule has 0 aliphatic heterocycles. The van der Waals surface area contributed by atoms with Gasteiger partial charge in [-0.05, 0) is 24.4 Å². The maximum absolute atomic E-state index is 10.7. The van der Waals surface area contributed by atoms with Crippen molar-refractivity contribution in [3.63, 3.8) is 0 Å². The Labute approximate surface area is 129 Å². The molecular formula is C16H21NO3S. The van der Waals surface area contributed by atoms with E-state index in [9.17, 15) is 5.11 Å². The van der Waals surface area contributed by atoms with Crippen LogP contribution in [-0.4, -0.2) is 25.9 Å². The Bertz CT molecular complexity index is 597. The molecule has 2 atom stereocenters.